The molecule has 0 heterocycles. The van der Waals surface area contributed by atoms with E-state index in [4.69, 9.17) is 0 Å². The first-order valence-corrected chi connectivity index (χ1v) is 13.9. The van der Waals surface area contributed by atoms with E-state index in [-0.39, 0.29) is 21.7 Å². The van der Waals surface area contributed by atoms with Crippen molar-refractivity contribution in [3.05, 3.63) is 108 Å². The number of nitrogens with zero attached hydrogens (tertiary/aromatic N) is 2. The molecule has 0 aliphatic heterocycles. The Morgan fingerprint density at radius 1 is 0.634 bits per heavy atom. The standard InChI is InChI=1S/2C12H16F2N.2C5H5.Ti/c2*1-3-4-5-8-15(2)12-7-6-10(13)9-11(12)14;2*1-2-4-5-3-1;/h2*6-7H,3-5,8H2,1-2H3;2*1-3H,4H2;/q4*-1;+4. The molecular formula is C34H42F4N2Ti. The Labute approximate surface area is 260 Å². The van der Waals surface area contributed by atoms with Crippen molar-refractivity contribution in [2.45, 2.75) is 65.2 Å². The van der Waals surface area contributed by atoms with Crippen LogP contribution in [0.1, 0.15) is 65.2 Å². The van der Waals surface area contributed by atoms with E-state index < -0.39 is 23.3 Å². The van der Waals surface area contributed by atoms with E-state index in [1.807, 2.05) is 36.4 Å². The third-order valence-corrected chi connectivity index (χ3v) is 5.87. The van der Waals surface area contributed by atoms with Crippen molar-refractivity contribution in [2.24, 2.45) is 0 Å². The summed E-state index contributed by atoms with van der Waals surface area (Å²) in [6, 6.07) is 9.43. The molecular weight excluding hydrogens is 560 g/mol. The van der Waals surface area contributed by atoms with Gasteiger partial charge >= 0.3 is 21.7 Å². The second-order valence-electron chi connectivity index (χ2n) is 9.27. The van der Waals surface area contributed by atoms with Crippen molar-refractivity contribution in [3.8, 4) is 0 Å². The van der Waals surface area contributed by atoms with E-state index in [1.165, 1.54) is 24.3 Å². The molecule has 0 N–H and O–H groups in total. The van der Waals surface area contributed by atoms with Crippen molar-refractivity contribution in [1.29, 1.82) is 0 Å². The molecule has 0 bridgehead atoms. The van der Waals surface area contributed by atoms with Crippen LogP contribution in [0.4, 0.5) is 28.9 Å². The molecule has 2 aliphatic carbocycles. The molecule has 0 fully saturated rings. The zero-order valence-corrected chi connectivity index (χ0v) is 26.3. The Morgan fingerprint density at radius 2 is 1.02 bits per heavy atom. The summed E-state index contributed by atoms with van der Waals surface area (Å²) in [6.07, 6.45) is 26.5. The molecule has 0 saturated carbocycles. The minimum Gasteiger partial charge on any atom is -0.424 e. The molecule has 2 aromatic rings. The fraction of sp³-hybridized carbons (Fsp3) is 0.412. The Morgan fingerprint density at radius 3 is 1.27 bits per heavy atom. The molecule has 2 nitrogen and oxygen atoms in total. The number of halogens is 4. The van der Waals surface area contributed by atoms with E-state index in [0.29, 0.717) is 11.4 Å². The van der Waals surface area contributed by atoms with E-state index in [1.54, 1.807) is 23.9 Å². The van der Waals surface area contributed by atoms with Gasteiger partial charge in [-0.15, -0.1) is 49.2 Å². The first-order valence-electron chi connectivity index (χ1n) is 13.9. The van der Waals surface area contributed by atoms with Crippen molar-refractivity contribution in [1.82, 2.24) is 0 Å². The molecule has 7 heteroatoms. The van der Waals surface area contributed by atoms with Crippen LogP contribution in [0.5, 0.6) is 0 Å². The van der Waals surface area contributed by atoms with E-state index in [9.17, 15) is 17.6 Å². The van der Waals surface area contributed by atoms with Crippen molar-refractivity contribution >= 4 is 11.4 Å². The smallest absolute Gasteiger partial charge is 0.424 e. The Bertz CT molecular complexity index is 977. The maximum absolute atomic E-state index is 13.3. The van der Waals surface area contributed by atoms with E-state index in [2.05, 4.69) is 38.2 Å². The van der Waals surface area contributed by atoms with E-state index in [0.717, 1.165) is 64.5 Å². The summed E-state index contributed by atoms with van der Waals surface area (Å²) in [5, 5.41) is 0. The third kappa shape index (κ3) is 17.8. The van der Waals surface area contributed by atoms with Crippen LogP contribution in [0.25, 0.3) is 0 Å². The average molecular weight is 603 g/mol. The number of anilines is 2. The maximum Gasteiger partial charge on any atom is 4.00 e. The summed E-state index contributed by atoms with van der Waals surface area (Å²) < 4.78 is 51.8. The van der Waals surface area contributed by atoms with Crippen LogP contribution in [-0.2, 0) is 21.7 Å². The number of unbranched alkanes of at least 4 members (excludes halogenated alkanes) is 4. The molecule has 4 rings (SSSR count). The van der Waals surface area contributed by atoms with Gasteiger partial charge in [-0.3, -0.25) is 12.2 Å². The molecule has 0 radical (unpaired) electrons. The Hall–Kier alpha value is -2.57. The molecule has 2 aromatic carbocycles. The van der Waals surface area contributed by atoms with Crippen LogP contribution in [0, 0.1) is 47.6 Å². The van der Waals surface area contributed by atoms with Gasteiger partial charge in [0.05, 0.1) is 0 Å². The van der Waals surface area contributed by atoms with Crippen LogP contribution in [-0.4, -0.2) is 27.2 Å². The van der Waals surface area contributed by atoms with Gasteiger partial charge in [-0.2, -0.15) is 12.2 Å². The van der Waals surface area contributed by atoms with Crippen LogP contribution < -0.4 is 9.80 Å². The van der Waals surface area contributed by atoms with Gasteiger partial charge in [-0.1, -0.05) is 39.5 Å². The monoisotopic (exact) mass is 602 g/mol. The molecule has 41 heavy (non-hydrogen) atoms. The topological polar surface area (TPSA) is 6.48 Å². The summed E-state index contributed by atoms with van der Waals surface area (Å²) in [5.41, 5.74) is 0.819. The fourth-order valence-corrected chi connectivity index (χ4v) is 3.58. The summed E-state index contributed by atoms with van der Waals surface area (Å²) in [4.78, 5) is 3.59. The predicted molar refractivity (Wildman–Crippen MR) is 159 cm³/mol. The minimum absolute atomic E-state index is 0. The Kier molecular flexibility index (Phi) is 22.6. The number of hydrogen-bond donors (Lipinski definition) is 0. The van der Waals surface area contributed by atoms with E-state index >= 15 is 0 Å². The number of allylic oxidation sites excluding steroid dienone is 8. The van der Waals surface area contributed by atoms with Gasteiger partial charge < -0.3 is 9.80 Å². The molecule has 0 aromatic heterocycles. The summed E-state index contributed by atoms with van der Waals surface area (Å²) in [7, 11) is 3.61. The fourth-order valence-electron chi connectivity index (χ4n) is 3.58. The van der Waals surface area contributed by atoms with Crippen LogP contribution >= 0.6 is 0 Å². The predicted octanol–water partition coefficient (Wildman–Crippen LogP) is 9.39. The summed E-state index contributed by atoms with van der Waals surface area (Å²) in [5.74, 6) is -2.54. The van der Waals surface area contributed by atoms with Gasteiger partial charge in [0.15, 0.2) is 0 Å². The van der Waals surface area contributed by atoms with Gasteiger partial charge in [0, 0.05) is 36.4 Å². The quantitative estimate of drug-likeness (QED) is 0.116. The number of hydrogen-bond acceptors (Lipinski definition) is 2. The van der Waals surface area contributed by atoms with Gasteiger partial charge in [-0.25, -0.2) is 41.9 Å². The largest absolute Gasteiger partial charge is 4.00 e. The molecule has 0 saturated heterocycles. The molecule has 220 valence electrons. The second kappa shape index (κ2) is 24.1. The van der Waals surface area contributed by atoms with Gasteiger partial charge in [0.2, 0.25) is 0 Å². The average Bonchev–Trinajstić information content (AvgIpc) is 3.69. The summed E-state index contributed by atoms with van der Waals surface area (Å²) >= 11 is 0. The number of rotatable bonds is 10. The first-order chi connectivity index (χ1) is 19.3. The van der Waals surface area contributed by atoms with Crippen LogP contribution in [0.15, 0.2) is 60.7 Å². The first kappa shape index (κ1) is 38.4. The van der Waals surface area contributed by atoms with Crippen molar-refractivity contribution < 1.29 is 39.3 Å². The normalized spacial score (nSPS) is 11.9. The summed E-state index contributed by atoms with van der Waals surface area (Å²) in [6.45, 7) is 5.80. The molecule has 2 aliphatic rings. The van der Waals surface area contributed by atoms with Gasteiger partial charge in [0.1, 0.15) is 0 Å². The molecule has 0 amide bonds. The van der Waals surface area contributed by atoms with Crippen LogP contribution in [0.2, 0.25) is 0 Å². The maximum atomic E-state index is 13.3. The van der Waals surface area contributed by atoms with Gasteiger partial charge in [-0.05, 0) is 38.3 Å². The number of benzene rings is 2. The molecule has 0 spiro atoms. The zero-order valence-electron chi connectivity index (χ0n) is 24.8. The van der Waals surface area contributed by atoms with Crippen LogP contribution in [0.3, 0.4) is 0 Å². The van der Waals surface area contributed by atoms with Crippen molar-refractivity contribution in [2.75, 3.05) is 37.0 Å². The third-order valence-electron chi connectivity index (χ3n) is 5.87. The van der Waals surface area contributed by atoms with Crippen molar-refractivity contribution in [3.63, 3.8) is 0 Å². The SMILES string of the molecule is CCCCCN(C)c1ccc(F)[c-]c1F.CCCCCN(C)c1ccc(F)[c-]c1F.[C-]1=CC=CC1.[C-]1=CC=CC1.[Ti+4]. The second-order valence-corrected chi connectivity index (χ2v) is 9.27. The Balaban J connectivity index is 0.000000573. The molecule has 0 unspecified atom stereocenters. The van der Waals surface area contributed by atoms with Gasteiger partial charge in [0.25, 0.3) is 0 Å². The minimum atomic E-state index is -0.654. The zero-order chi connectivity index (χ0) is 29.6. The molecule has 0 atom stereocenters.